The van der Waals surface area contributed by atoms with Crippen LogP contribution in [-0.2, 0) is 23.7 Å². The van der Waals surface area contributed by atoms with Crippen molar-refractivity contribution in [2.24, 2.45) is 0 Å². The molecular formula is C21H32BN5O8. The zero-order valence-corrected chi connectivity index (χ0v) is 20.8. The predicted octanol–water partition coefficient (Wildman–Crippen LogP) is 0.631. The van der Waals surface area contributed by atoms with E-state index >= 15 is 0 Å². The van der Waals surface area contributed by atoms with Crippen LogP contribution in [0.1, 0.15) is 47.5 Å². The van der Waals surface area contributed by atoms with Crippen LogP contribution < -0.4 is 20.7 Å². The summed E-state index contributed by atoms with van der Waals surface area (Å²) in [6.45, 7) is 8.19. The van der Waals surface area contributed by atoms with Gasteiger partial charge in [-0.25, -0.2) is 0 Å². The summed E-state index contributed by atoms with van der Waals surface area (Å²) in [7, 11) is 2.41. The number of methoxy groups -OCH3 is 1. The maximum absolute atomic E-state index is 12.7. The van der Waals surface area contributed by atoms with Gasteiger partial charge in [-0.05, 0) is 0 Å². The number of nitriles is 1. The number of hydrogen-bond acceptors (Lipinski definition) is 11. The Balaban J connectivity index is 2.73. The molecule has 0 saturated carbocycles. The number of alkyl carbamates (subject to hydrolysis) is 1. The number of amides is 2. The Morgan fingerprint density at radius 1 is 1.26 bits per heavy atom. The quantitative estimate of drug-likeness (QED) is 0.188. The van der Waals surface area contributed by atoms with Crippen molar-refractivity contribution in [1.82, 2.24) is 21.1 Å². The number of ether oxygens (including phenoxy) is 3. The van der Waals surface area contributed by atoms with Crippen LogP contribution in [0.3, 0.4) is 0 Å². The molecule has 2 amide bonds. The molecule has 1 aromatic rings. The van der Waals surface area contributed by atoms with Gasteiger partial charge in [0.1, 0.15) is 0 Å². The molecule has 0 aromatic carbocycles. The number of carbonyl (C=O) groups is 3. The fraction of sp³-hybridized carbons (Fsp3) is 0.619. The summed E-state index contributed by atoms with van der Waals surface area (Å²) < 4.78 is 24.9. The third-order valence-corrected chi connectivity index (χ3v) is 4.38. The van der Waals surface area contributed by atoms with E-state index in [1.807, 2.05) is 0 Å². The van der Waals surface area contributed by atoms with Crippen molar-refractivity contribution in [1.29, 1.82) is 5.26 Å². The van der Waals surface area contributed by atoms with Crippen LogP contribution in [-0.4, -0.2) is 73.3 Å². The van der Waals surface area contributed by atoms with Gasteiger partial charge in [-0.1, -0.05) is 0 Å². The van der Waals surface area contributed by atoms with E-state index in [0.717, 1.165) is 7.12 Å². The Morgan fingerprint density at radius 2 is 1.97 bits per heavy atom. The van der Waals surface area contributed by atoms with Gasteiger partial charge in [0, 0.05) is 0 Å². The molecule has 1 unspecified atom stereocenters. The molecule has 0 spiro atoms. The topological polar surface area (TPSA) is 174 Å². The molecule has 0 fully saturated rings. The zero-order valence-electron chi connectivity index (χ0n) is 20.8. The fourth-order valence-electron chi connectivity index (χ4n) is 2.40. The van der Waals surface area contributed by atoms with Crippen molar-refractivity contribution in [3.63, 3.8) is 0 Å². The fourth-order valence-corrected chi connectivity index (χ4v) is 2.40. The minimum absolute atomic E-state index is 0.0857. The number of Topliss-reactive ketones (excluding diaryl/α,β-unsaturated/α-hetero) is 1. The molecule has 0 saturated heterocycles. The van der Waals surface area contributed by atoms with Gasteiger partial charge in [-0.2, -0.15) is 0 Å². The van der Waals surface area contributed by atoms with Crippen LogP contribution in [0.4, 0.5) is 4.79 Å². The molecule has 0 bridgehead atoms. The molecule has 3 N–H and O–H groups in total. The first kappa shape index (κ1) is 29.4. The standard InChI is InChI=1S/C21H32BN5O8/c1-20(2,3)35-19(30)26-18(22-33-13-23)24-10-7-8-14(25-17(29)21(4,5)31-6)15(28)12-32-16-9-11-34-27-16/h9,11,14,24H,7-8,10,12H2,1-6H3,(H,25,29)(H,26,30). The average molecular weight is 493 g/mol. The molecule has 1 heterocycles. The summed E-state index contributed by atoms with van der Waals surface area (Å²) in [6.07, 6.45) is 2.65. The molecule has 1 aromatic heterocycles. The number of carbonyl (C=O) groups excluding carboxylic acids is 3. The molecule has 0 aliphatic carbocycles. The van der Waals surface area contributed by atoms with Gasteiger partial charge >= 0.3 is 204 Å². The van der Waals surface area contributed by atoms with Gasteiger partial charge in [0.15, 0.2) is 0 Å². The molecule has 0 aliphatic heterocycles. The van der Waals surface area contributed by atoms with Crippen LogP contribution in [0.25, 0.3) is 0 Å². The van der Waals surface area contributed by atoms with E-state index in [1.54, 1.807) is 34.6 Å². The van der Waals surface area contributed by atoms with E-state index in [9.17, 15) is 14.4 Å². The van der Waals surface area contributed by atoms with Crippen LogP contribution >= 0.6 is 0 Å². The first-order valence-electron chi connectivity index (χ1n) is 10.8. The summed E-state index contributed by atoms with van der Waals surface area (Å²) in [6, 6.07) is 0.570. The van der Waals surface area contributed by atoms with Crippen molar-refractivity contribution in [2.75, 3.05) is 20.3 Å². The van der Waals surface area contributed by atoms with Gasteiger partial charge in [0.2, 0.25) is 0 Å². The monoisotopic (exact) mass is 493 g/mol. The van der Waals surface area contributed by atoms with E-state index < -0.39 is 29.2 Å². The van der Waals surface area contributed by atoms with E-state index in [2.05, 4.69) is 30.3 Å². The van der Waals surface area contributed by atoms with E-state index in [-0.39, 0.29) is 36.9 Å². The van der Waals surface area contributed by atoms with Crippen LogP contribution in [0, 0.1) is 11.5 Å². The molecule has 35 heavy (non-hydrogen) atoms. The SMILES string of the molecule is COC(C)(C)C(=O)NC(CCCNC(=BOC#N)NC(=O)OC(C)(C)C)C(=O)COc1ccon1. The third-order valence-electron chi connectivity index (χ3n) is 4.38. The summed E-state index contributed by atoms with van der Waals surface area (Å²) in [5.41, 5.74) is -1.78. The first-order chi connectivity index (χ1) is 16.4. The number of aromatic nitrogens is 1. The van der Waals surface area contributed by atoms with Gasteiger partial charge < -0.3 is 0 Å². The number of nitrogens with zero attached hydrogens (tertiary/aromatic N) is 2. The molecule has 0 radical (unpaired) electrons. The Hall–Kier alpha value is -3.60. The van der Waals surface area contributed by atoms with E-state index in [4.69, 9.17) is 19.5 Å². The molecule has 0 aliphatic rings. The summed E-state index contributed by atoms with van der Waals surface area (Å²) in [4.78, 5) is 37.3. The maximum atomic E-state index is 12.7. The van der Waals surface area contributed by atoms with Crippen LogP contribution in [0.15, 0.2) is 16.9 Å². The number of hydrogen-bond donors (Lipinski definition) is 3. The Kier molecular flexibility index (Phi) is 11.7. The Morgan fingerprint density at radius 3 is 2.54 bits per heavy atom. The second-order valence-electron chi connectivity index (χ2n) is 8.77. The molecule has 14 heteroatoms. The van der Waals surface area contributed by atoms with Gasteiger partial charge in [-0.3, -0.25) is 0 Å². The molecule has 13 nitrogen and oxygen atoms in total. The van der Waals surface area contributed by atoms with Crippen molar-refractivity contribution >= 4 is 30.6 Å². The zero-order chi connectivity index (χ0) is 26.5. The first-order valence-corrected chi connectivity index (χ1v) is 10.8. The Bertz CT molecular complexity index is 906. The average Bonchev–Trinajstić information content (AvgIpc) is 3.29. The summed E-state index contributed by atoms with van der Waals surface area (Å²) in [5, 5.41) is 20.2. The molecular weight excluding hydrogens is 461 g/mol. The van der Waals surface area contributed by atoms with Crippen molar-refractivity contribution < 1.29 is 37.8 Å². The van der Waals surface area contributed by atoms with Crippen LogP contribution in [0.5, 0.6) is 5.88 Å². The van der Waals surface area contributed by atoms with Gasteiger partial charge in [-0.15, -0.1) is 0 Å². The predicted molar refractivity (Wildman–Crippen MR) is 124 cm³/mol. The van der Waals surface area contributed by atoms with Crippen molar-refractivity contribution in [3.05, 3.63) is 12.3 Å². The van der Waals surface area contributed by atoms with Gasteiger partial charge in [0.25, 0.3) is 0 Å². The second-order valence-corrected chi connectivity index (χ2v) is 8.77. The van der Waals surface area contributed by atoms with Crippen molar-refractivity contribution in [2.45, 2.75) is 64.7 Å². The summed E-state index contributed by atoms with van der Waals surface area (Å²) in [5.74, 6) is -0.714. The minimum atomic E-state index is -1.15. The number of nitrogens with one attached hydrogen (secondary N) is 3. The second kappa shape index (κ2) is 14.0. The Labute approximate surface area is 204 Å². The third kappa shape index (κ3) is 11.9. The number of ketones is 1. The van der Waals surface area contributed by atoms with Crippen molar-refractivity contribution in [3.8, 4) is 12.1 Å². The molecule has 192 valence electrons. The van der Waals surface area contributed by atoms with Gasteiger partial charge in [0.05, 0.1) is 0 Å². The summed E-state index contributed by atoms with van der Waals surface area (Å²) >= 11 is 0. The molecule has 1 rings (SSSR count). The van der Waals surface area contributed by atoms with Crippen LogP contribution in [0.2, 0.25) is 0 Å². The molecule has 1 atom stereocenters. The number of rotatable bonds is 14. The normalized spacial score (nSPS) is 12.4. The van der Waals surface area contributed by atoms with E-state index in [1.165, 1.54) is 25.7 Å². The van der Waals surface area contributed by atoms with E-state index in [0.29, 0.717) is 6.42 Å².